The molecule has 1 aliphatic heterocycles. The number of esters is 1. The fourth-order valence-electron chi connectivity index (χ4n) is 3.58. The van der Waals surface area contributed by atoms with Crippen molar-refractivity contribution < 1.29 is 27.5 Å². The Morgan fingerprint density at radius 3 is 2.29 bits per heavy atom. The lowest BCUT2D eigenvalue weighted by Gasteiger charge is -2.25. The third-order valence-electron chi connectivity index (χ3n) is 5.54. The average Bonchev–Trinajstić information content (AvgIpc) is 2.83. The molecule has 182 valence electrons. The van der Waals surface area contributed by atoms with E-state index in [0.717, 1.165) is 24.8 Å². The van der Waals surface area contributed by atoms with Crippen molar-refractivity contribution in [1.29, 1.82) is 0 Å². The molecule has 0 saturated carbocycles. The third kappa shape index (κ3) is 6.42. The predicted molar refractivity (Wildman–Crippen MR) is 127 cm³/mol. The topological polar surface area (TPSA) is 122 Å². The zero-order chi connectivity index (χ0) is 24.7. The number of hydrogen-bond donors (Lipinski definition) is 2. The zero-order valence-electron chi connectivity index (χ0n) is 19.2. The highest BCUT2D eigenvalue weighted by molar-refractivity contribution is 7.89. The molecule has 0 aromatic heterocycles. The van der Waals surface area contributed by atoms with Crippen LogP contribution in [0, 0.1) is 6.92 Å². The molecular formula is C24H29N3O6S. The Morgan fingerprint density at radius 1 is 1.00 bits per heavy atom. The van der Waals surface area contributed by atoms with Gasteiger partial charge in [0.2, 0.25) is 10.0 Å². The SMILES string of the molecule is Cc1ccccc1C(=O)NCC(=O)O[C@@H](C)C(=O)Nc1ccc(S(=O)(=O)N2CCCCC2)cc1. The van der Waals surface area contributed by atoms with Crippen molar-refractivity contribution in [3.63, 3.8) is 0 Å². The number of benzene rings is 2. The second-order valence-corrected chi connectivity index (χ2v) is 10.0. The Kier molecular flexibility index (Phi) is 8.41. The Bertz CT molecular complexity index is 1140. The van der Waals surface area contributed by atoms with Gasteiger partial charge in [0.1, 0.15) is 6.54 Å². The van der Waals surface area contributed by atoms with E-state index in [2.05, 4.69) is 10.6 Å². The molecule has 2 aromatic carbocycles. The largest absolute Gasteiger partial charge is 0.451 e. The van der Waals surface area contributed by atoms with Gasteiger partial charge in [0.25, 0.3) is 11.8 Å². The van der Waals surface area contributed by atoms with Crippen LogP contribution in [-0.4, -0.2) is 56.2 Å². The van der Waals surface area contributed by atoms with Crippen LogP contribution in [0.5, 0.6) is 0 Å². The summed E-state index contributed by atoms with van der Waals surface area (Å²) in [5.41, 5.74) is 1.60. The van der Waals surface area contributed by atoms with Crippen LogP contribution < -0.4 is 10.6 Å². The second-order valence-electron chi connectivity index (χ2n) is 8.11. The molecule has 2 aromatic rings. The fourth-order valence-corrected chi connectivity index (χ4v) is 5.09. The molecule has 0 bridgehead atoms. The molecular weight excluding hydrogens is 458 g/mol. The Balaban J connectivity index is 1.49. The molecule has 0 radical (unpaired) electrons. The summed E-state index contributed by atoms with van der Waals surface area (Å²) < 4.78 is 32.0. The molecule has 1 atom stereocenters. The van der Waals surface area contributed by atoms with Gasteiger partial charge < -0.3 is 15.4 Å². The summed E-state index contributed by atoms with van der Waals surface area (Å²) >= 11 is 0. The first-order chi connectivity index (χ1) is 16.2. The van der Waals surface area contributed by atoms with Crippen LogP contribution >= 0.6 is 0 Å². The van der Waals surface area contributed by atoms with Gasteiger partial charge in [0.05, 0.1) is 4.90 Å². The van der Waals surface area contributed by atoms with Gasteiger partial charge in [-0.05, 0) is 62.6 Å². The number of nitrogens with zero attached hydrogens (tertiary/aromatic N) is 1. The minimum Gasteiger partial charge on any atom is -0.451 e. The molecule has 2 N–H and O–H groups in total. The first kappa shape index (κ1) is 25.4. The number of aryl methyl sites for hydroxylation is 1. The van der Waals surface area contributed by atoms with Crippen LogP contribution in [-0.2, 0) is 24.3 Å². The van der Waals surface area contributed by atoms with E-state index in [1.807, 2.05) is 6.07 Å². The molecule has 1 fully saturated rings. The number of carbonyl (C=O) groups excluding carboxylic acids is 3. The number of ether oxygens (including phenoxy) is 1. The van der Waals surface area contributed by atoms with Gasteiger partial charge in [-0.2, -0.15) is 4.31 Å². The highest BCUT2D eigenvalue weighted by Crippen LogP contribution is 2.22. The molecule has 1 heterocycles. The lowest BCUT2D eigenvalue weighted by atomic mass is 10.1. The number of carbonyl (C=O) groups is 3. The number of sulfonamides is 1. The van der Waals surface area contributed by atoms with Crippen molar-refractivity contribution in [2.24, 2.45) is 0 Å². The van der Waals surface area contributed by atoms with Crippen LogP contribution in [0.2, 0.25) is 0 Å². The van der Waals surface area contributed by atoms with Crippen LogP contribution in [0.15, 0.2) is 53.4 Å². The van der Waals surface area contributed by atoms with E-state index in [-0.39, 0.29) is 11.4 Å². The number of piperidine rings is 1. The highest BCUT2D eigenvalue weighted by atomic mass is 32.2. The molecule has 1 aliphatic rings. The molecule has 0 unspecified atom stereocenters. The summed E-state index contributed by atoms with van der Waals surface area (Å²) in [5, 5.41) is 5.07. The Labute approximate surface area is 199 Å². The smallest absolute Gasteiger partial charge is 0.326 e. The summed E-state index contributed by atoms with van der Waals surface area (Å²) in [6, 6.07) is 12.8. The molecule has 9 nitrogen and oxygen atoms in total. The Hall–Kier alpha value is -3.24. The van der Waals surface area contributed by atoms with E-state index in [1.54, 1.807) is 25.1 Å². The highest BCUT2D eigenvalue weighted by Gasteiger charge is 2.26. The molecule has 1 saturated heterocycles. The van der Waals surface area contributed by atoms with Gasteiger partial charge >= 0.3 is 5.97 Å². The maximum atomic E-state index is 12.7. The lowest BCUT2D eigenvalue weighted by Crippen LogP contribution is -2.36. The lowest BCUT2D eigenvalue weighted by molar-refractivity contribution is -0.152. The van der Waals surface area contributed by atoms with Gasteiger partial charge in [0, 0.05) is 24.3 Å². The van der Waals surface area contributed by atoms with Crippen LogP contribution in [0.1, 0.15) is 42.1 Å². The minimum atomic E-state index is -3.56. The quantitative estimate of drug-likeness (QED) is 0.552. The third-order valence-corrected chi connectivity index (χ3v) is 7.45. The van der Waals surface area contributed by atoms with E-state index < -0.39 is 33.9 Å². The van der Waals surface area contributed by atoms with Crippen LogP contribution in [0.4, 0.5) is 5.69 Å². The molecule has 0 aliphatic carbocycles. The number of rotatable bonds is 8. The minimum absolute atomic E-state index is 0.163. The molecule has 34 heavy (non-hydrogen) atoms. The molecule has 3 rings (SSSR count). The van der Waals surface area contributed by atoms with E-state index >= 15 is 0 Å². The second kappa shape index (κ2) is 11.3. The van der Waals surface area contributed by atoms with Crippen molar-refractivity contribution in [2.45, 2.75) is 44.1 Å². The summed E-state index contributed by atoms with van der Waals surface area (Å²) in [7, 11) is -3.56. The zero-order valence-corrected chi connectivity index (χ0v) is 20.1. The van der Waals surface area contributed by atoms with E-state index in [1.165, 1.54) is 35.5 Å². The first-order valence-electron chi connectivity index (χ1n) is 11.1. The first-order valence-corrected chi connectivity index (χ1v) is 12.6. The fraction of sp³-hybridized carbons (Fsp3) is 0.375. The number of amides is 2. The van der Waals surface area contributed by atoms with Gasteiger partial charge in [-0.1, -0.05) is 24.6 Å². The Morgan fingerprint density at radius 2 is 1.65 bits per heavy atom. The van der Waals surface area contributed by atoms with Crippen molar-refractivity contribution in [3.8, 4) is 0 Å². The van der Waals surface area contributed by atoms with Crippen LogP contribution in [0.25, 0.3) is 0 Å². The maximum Gasteiger partial charge on any atom is 0.326 e. The maximum absolute atomic E-state index is 12.7. The van der Waals surface area contributed by atoms with Crippen molar-refractivity contribution >= 4 is 33.5 Å². The van der Waals surface area contributed by atoms with Gasteiger partial charge in [-0.3, -0.25) is 14.4 Å². The molecule has 0 spiro atoms. The van der Waals surface area contributed by atoms with Crippen molar-refractivity contribution in [1.82, 2.24) is 9.62 Å². The van der Waals surface area contributed by atoms with E-state index in [9.17, 15) is 22.8 Å². The van der Waals surface area contributed by atoms with E-state index in [0.29, 0.717) is 24.3 Å². The number of hydrogen-bond acceptors (Lipinski definition) is 6. The van der Waals surface area contributed by atoms with E-state index in [4.69, 9.17) is 4.74 Å². The standard InChI is InChI=1S/C24H29N3O6S/c1-17-8-4-5-9-21(17)24(30)25-16-22(28)33-18(2)23(29)26-19-10-12-20(13-11-19)34(31,32)27-14-6-3-7-15-27/h4-5,8-13,18H,3,6-7,14-16H2,1-2H3,(H,25,30)(H,26,29)/t18-/m0/s1. The summed E-state index contributed by atoms with van der Waals surface area (Å²) in [5.74, 6) is -1.75. The number of nitrogens with one attached hydrogen (secondary N) is 2. The molecule has 2 amide bonds. The predicted octanol–water partition coefficient (Wildman–Crippen LogP) is 2.47. The summed E-state index contributed by atoms with van der Waals surface area (Å²) in [6.45, 7) is 3.83. The summed E-state index contributed by atoms with van der Waals surface area (Å²) in [4.78, 5) is 36.8. The normalized spacial score (nSPS) is 15.2. The van der Waals surface area contributed by atoms with Crippen molar-refractivity contribution in [3.05, 3.63) is 59.7 Å². The van der Waals surface area contributed by atoms with Gasteiger partial charge in [0.15, 0.2) is 6.10 Å². The average molecular weight is 488 g/mol. The van der Waals surface area contributed by atoms with Crippen molar-refractivity contribution in [2.75, 3.05) is 25.0 Å². The van der Waals surface area contributed by atoms with Gasteiger partial charge in [-0.15, -0.1) is 0 Å². The van der Waals surface area contributed by atoms with Crippen LogP contribution in [0.3, 0.4) is 0 Å². The van der Waals surface area contributed by atoms with Gasteiger partial charge in [-0.25, -0.2) is 8.42 Å². The molecule has 10 heteroatoms. The number of anilines is 1. The monoisotopic (exact) mass is 487 g/mol. The summed E-state index contributed by atoms with van der Waals surface area (Å²) in [6.07, 6.45) is 1.61.